The summed E-state index contributed by atoms with van der Waals surface area (Å²) in [6.07, 6.45) is 6.96. The maximum Gasteiger partial charge on any atom is 0.230 e. The SMILES string of the molecule is CCC1CCCCN1C(=O)C1(C)CCCNC1. The molecule has 0 aromatic carbocycles. The average molecular weight is 238 g/mol. The van der Waals surface area contributed by atoms with Gasteiger partial charge in [-0.05, 0) is 52.0 Å². The fourth-order valence-corrected chi connectivity index (χ4v) is 3.28. The lowest BCUT2D eigenvalue weighted by molar-refractivity contribution is -0.146. The van der Waals surface area contributed by atoms with Gasteiger partial charge in [-0.1, -0.05) is 6.92 Å². The van der Waals surface area contributed by atoms with Crippen molar-refractivity contribution in [2.24, 2.45) is 5.41 Å². The van der Waals surface area contributed by atoms with Gasteiger partial charge < -0.3 is 10.2 Å². The van der Waals surface area contributed by atoms with E-state index < -0.39 is 0 Å². The second-order valence-electron chi connectivity index (χ2n) is 5.90. The lowest BCUT2D eigenvalue weighted by atomic mass is 9.80. The van der Waals surface area contributed by atoms with Crippen molar-refractivity contribution < 1.29 is 4.79 Å². The zero-order valence-corrected chi connectivity index (χ0v) is 11.3. The lowest BCUT2D eigenvalue weighted by Crippen LogP contribution is -2.54. The van der Waals surface area contributed by atoms with Crippen LogP contribution in [-0.4, -0.2) is 36.5 Å². The molecule has 2 saturated heterocycles. The fourth-order valence-electron chi connectivity index (χ4n) is 3.28. The van der Waals surface area contributed by atoms with Crippen LogP contribution in [0.4, 0.5) is 0 Å². The summed E-state index contributed by atoms with van der Waals surface area (Å²) >= 11 is 0. The molecule has 2 aliphatic heterocycles. The van der Waals surface area contributed by atoms with E-state index in [0.29, 0.717) is 11.9 Å². The summed E-state index contributed by atoms with van der Waals surface area (Å²) in [5.41, 5.74) is -0.150. The highest BCUT2D eigenvalue weighted by molar-refractivity contribution is 5.83. The van der Waals surface area contributed by atoms with E-state index in [-0.39, 0.29) is 5.41 Å². The van der Waals surface area contributed by atoms with E-state index in [0.717, 1.165) is 38.9 Å². The van der Waals surface area contributed by atoms with Gasteiger partial charge >= 0.3 is 0 Å². The monoisotopic (exact) mass is 238 g/mol. The number of rotatable bonds is 2. The zero-order chi connectivity index (χ0) is 12.3. The molecule has 0 spiro atoms. The van der Waals surface area contributed by atoms with Crippen LogP contribution in [0.25, 0.3) is 0 Å². The molecule has 0 bridgehead atoms. The summed E-state index contributed by atoms with van der Waals surface area (Å²) in [5, 5.41) is 3.38. The van der Waals surface area contributed by atoms with E-state index in [1.807, 2.05) is 0 Å². The Kier molecular flexibility index (Phi) is 4.08. The van der Waals surface area contributed by atoms with E-state index in [2.05, 4.69) is 24.1 Å². The van der Waals surface area contributed by atoms with Crippen LogP contribution >= 0.6 is 0 Å². The van der Waals surface area contributed by atoms with Gasteiger partial charge in [-0.25, -0.2) is 0 Å². The molecule has 2 aliphatic rings. The predicted molar refractivity (Wildman–Crippen MR) is 69.9 cm³/mol. The summed E-state index contributed by atoms with van der Waals surface area (Å²) < 4.78 is 0. The number of carbonyl (C=O) groups is 1. The Bertz CT molecular complexity index is 271. The molecule has 98 valence electrons. The van der Waals surface area contributed by atoms with Gasteiger partial charge in [0, 0.05) is 19.1 Å². The molecule has 0 aliphatic carbocycles. The molecule has 2 fully saturated rings. The summed E-state index contributed by atoms with van der Waals surface area (Å²) in [4.78, 5) is 14.9. The molecule has 2 unspecified atom stereocenters. The maximum atomic E-state index is 12.7. The minimum absolute atomic E-state index is 0.150. The van der Waals surface area contributed by atoms with Gasteiger partial charge in [-0.15, -0.1) is 0 Å². The second-order valence-corrected chi connectivity index (χ2v) is 5.90. The third-order valence-electron chi connectivity index (χ3n) is 4.47. The van der Waals surface area contributed by atoms with Gasteiger partial charge in [0.25, 0.3) is 0 Å². The normalized spacial score (nSPS) is 34.7. The number of likely N-dealkylation sites (tertiary alicyclic amines) is 1. The van der Waals surface area contributed by atoms with Gasteiger partial charge in [-0.3, -0.25) is 4.79 Å². The van der Waals surface area contributed by atoms with E-state index in [9.17, 15) is 4.79 Å². The molecule has 1 amide bonds. The maximum absolute atomic E-state index is 12.7. The number of hydrogen-bond donors (Lipinski definition) is 1. The zero-order valence-electron chi connectivity index (χ0n) is 11.3. The van der Waals surface area contributed by atoms with Crippen LogP contribution in [0.5, 0.6) is 0 Å². The van der Waals surface area contributed by atoms with Crippen molar-refractivity contribution in [3.05, 3.63) is 0 Å². The third kappa shape index (κ3) is 2.65. The molecule has 0 aromatic heterocycles. The predicted octanol–water partition coefficient (Wildman–Crippen LogP) is 2.17. The van der Waals surface area contributed by atoms with Crippen molar-refractivity contribution in [2.45, 2.75) is 58.4 Å². The van der Waals surface area contributed by atoms with Gasteiger partial charge in [0.1, 0.15) is 0 Å². The van der Waals surface area contributed by atoms with Crippen LogP contribution in [0.15, 0.2) is 0 Å². The molecule has 1 N–H and O–H groups in total. The Balaban J connectivity index is 2.06. The number of carbonyl (C=O) groups excluding carboxylic acids is 1. The number of nitrogens with zero attached hydrogens (tertiary/aromatic N) is 1. The summed E-state index contributed by atoms with van der Waals surface area (Å²) in [6.45, 7) is 7.26. The molecule has 2 rings (SSSR count). The average Bonchev–Trinajstić information content (AvgIpc) is 2.38. The van der Waals surface area contributed by atoms with E-state index in [1.165, 1.54) is 19.3 Å². The molecular formula is C14H26N2O. The molecule has 0 saturated carbocycles. The van der Waals surface area contributed by atoms with Crippen LogP contribution in [-0.2, 0) is 4.79 Å². The first kappa shape index (κ1) is 12.9. The van der Waals surface area contributed by atoms with Crippen LogP contribution in [0, 0.1) is 5.41 Å². The standard InChI is InChI=1S/C14H26N2O/c1-3-12-7-4-5-10-16(12)13(17)14(2)8-6-9-15-11-14/h12,15H,3-11H2,1-2H3. The van der Waals surface area contributed by atoms with Crippen LogP contribution in [0.1, 0.15) is 52.4 Å². The Morgan fingerprint density at radius 2 is 2.24 bits per heavy atom. The van der Waals surface area contributed by atoms with Crippen molar-refractivity contribution in [2.75, 3.05) is 19.6 Å². The molecule has 0 radical (unpaired) electrons. The molecule has 3 heteroatoms. The first-order valence-electron chi connectivity index (χ1n) is 7.19. The van der Waals surface area contributed by atoms with Gasteiger partial charge in [0.2, 0.25) is 5.91 Å². The van der Waals surface area contributed by atoms with Crippen molar-refractivity contribution in [3.63, 3.8) is 0 Å². The van der Waals surface area contributed by atoms with Crippen LogP contribution < -0.4 is 5.32 Å². The highest BCUT2D eigenvalue weighted by atomic mass is 16.2. The summed E-state index contributed by atoms with van der Waals surface area (Å²) in [6, 6.07) is 0.495. The van der Waals surface area contributed by atoms with Gasteiger partial charge in [-0.2, -0.15) is 0 Å². The van der Waals surface area contributed by atoms with Gasteiger partial charge in [0.05, 0.1) is 5.41 Å². The lowest BCUT2D eigenvalue weighted by Gasteiger charge is -2.42. The largest absolute Gasteiger partial charge is 0.339 e. The van der Waals surface area contributed by atoms with Crippen molar-refractivity contribution in [1.82, 2.24) is 10.2 Å². The van der Waals surface area contributed by atoms with Crippen molar-refractivity contribution in [1.29, 1.82) is 0 Å². The highest BCUT2D eigenvalue weighted by Crippen LogP contribution is 2.31. The molecule has 2 atom stereocenters. The van der Waals surface area contributed by atoms with E-state index >= 15 is 0 Å². The van der Waals surface area contributed by atoms with Crippen molar-refractivity contribution >= 4 is 5.91 Å². The second kappa shape index (κ2) is 5.38. The number of piperidine rings is 2. The smallest absolute Gasteiger partial charge is 0.230 e. The van der Waals surface area contributed by atoms with Crippen LogP contribution in [0.2, 0.25) is 0 Å². The molecular weight excluding hydrogens is 212 g/mol. The first-order chi connectivity index (χ1) is 8.17. The minimum atomic E-state index is -0.150. The van der Waals surface area contributed by atoms with Crippen LogP contribution in [0.3, 0.4) is 0 Å². The molecule has 0 aromatic rings. The molecule has 3 nitrogen and oxygen atoms in total. The Hall–Kier alpha value is -0.570. The Labute approximate surface area is 105 Å². The summed E-state index contributed by atoms with van der Waals surface area (Å²) in [5.74, 6) is 0.399. The Morgan fingerprint density at radius 3 is 2.88 bits per heavy atom. The fraction of sp³-hybridized carbons (Fsp3) is 0.929. The quantitative estimate of drug-likeness (QED) is 0.799. The van der Waals surface area contributed by atoms with Gasteiger partial charge in [0.15, 0.2) is 0 Å². The first-order valence-corrected chi connectivity index (χ1v) is 7.19. The molecule has 17 heavy (non-hydrogen) atoms. The van der Waals surface area contributed by atoms with Crippen molar-refractivity contribution in [3.8, 4) is 0 Å². The third-order valence-corrected chi connectivity index (χ3v) is 4.47. The highest BCUT2D eigenvalue weighted by Gasteiger charge is 2.40. The van der Waals surface area contributed by atoms with E-state index in [4.69, 9.17) is 0 Å². The summed E-state index contributed by atoms with van der Waals surface area (Å²) in [7, 11) is 0. The number of hydrogen-bond acceptors (Lipinski definition) is 2. The minimum Gasteiger partial charge on any atom is -0.339 e. The molecule has 2 heterocycles. The number of nitrogens with one attached hydrogen (secondary N) is 1. The topological polar surface area (TPSA) is 32.3 Å². The Morgan fingerprint density at radius 1 is 1.41 bits per heavy atom. The number of amides is 1. The van der Waals surface area contributed by atoms with E-state index in [1.54, 1.807) is 0 Å².